The molecular weight excluding hydrogens is 460 g/mol. The minimum atomic E-state index is -0.469. The second-order valence-electron chi connectivity index (χ2n) is 6.81. The molecule has 0 spiro atoms. The van der Waals surface area contributed by atoms with Gasteiger partial charge in [0, 0.05) is 16.5 Å². The molecule has 0 aliphatic rings. The fourth-order valence-electron chi connectivity index (χ4n) is 2.91. The van der Waals surface area contributed by atoms with Crippen molar-refractivity contribution in [1.29, 1.82) is 0 Å². The van der Waals surface area contributed by atoms with Gasteiger partial charge in [0.1, 0.15) is 6.61 Å². The van der Waals surface area contributed by atoms with Crippen LogP contribution < -0.4 is 9.47 Å². The Morgan fingerprint density at radius 2 is 1.58 bits per heavy atom. The van der Waals surface area contributed by atoms with Gasteiger partial charge in [0.25, 0.3) is 0 Å². The molecule has 0 radical (unpaired) electrons. The van der Waals surface area contributed by atoms with Gasteiger partial charge in [-0.15, -0.1) is 0 Å². The highest BCUT2D eigenvalue weighted by atomic mass is 79.9. The van der Waals surface area contributed by atoms with Gasteiger partial charge in [0.05, 0.1) is 19.3 Å². The van der Waals surface area contributed by atoms with E-state index < -0.39 is 5.97 Å². The number of ether oxygens (including phenoxy) is 3. The van der Waals surface area contributed by atoms with Gasteiger partial charge in [0.15, 0.2) is 17.3 Å². The first-order valence-electron chi connectivity index (χ1n) is 9.87. The predicted octanol–water partition coefficient (Wildman–Crippen LogP) is 5.86. The number of Topliss-reactive ketones (excluding diaryl/α,β-unsaturated/α-hetero) is 1. The van der Waals surface area contributed by atoms with Crippen molar-refractivity contribution < 1.29 is 23.8 Å². The third-order valence-corrected chi connectivity index (χ3v) is 5.11. The van der Waals surface area contributed by atoms with Crippen molar-refractivity contribution in [3.63, 3.8) is 0 Å². The first kappa shape index (κ1) is 22.6. The van der Waals surface area contributed by atoms with Gasteiger partial charge in [-0.25, -0.2) is 4.79 Å². The van der Waals surface area contributed by atoms with E-state index in [0.29, 0.717) is 42.1 Å². The number of carbonyl (C=O) groups is 2. The SMILES string of the molecule is COc1cc(C(=O)OCCCC(=O)c2ccc(Br)cc2)ccc1OCc1ccccc1. The van der Waals surface area contributed by atoms with E-state index in [9.17, 15) is 9.59 Å². The summed E-state index contributed by atoms with van der Waals surface area (Å²) in [4.78, 5) is 24.5. The molecule has 6 heteroatoms. The van der Waals surface area contributed by atoms with Crippen LogP contribution in [0.1, 0.15) is 39.1 Å². The molecule has 0 unspecified atom stereocenters. The standard InChI is InChI=1S/C25H23BrO5/c1-29-24-16-20(11-14-23(24)31-17-18-6-3-2-4-7-18)25(28)30-15-5-8-22(27)19-9-12-21(26)13-10-19/h2-4,6-7,9-14,16H,5,8,15,17H2,1H3. The van der Waals surface area contributed by atoms with Gasteiger partial charge >= 0.3 is 5.97 Å². The lowest BCUT2D eigenvalue weighted by Gasteiger charge is -2.12. The van der Waals surface area contributed by atoms with Crippen LogP contribution in [0.5, 0.6) is 11.5 Å². The summed E-state index contributed by atoms with van der Waals surface area (Å²) in [6.07, 6.45) is 0.764. The second-order valence-corrected chi connectivity index (χ2v) is 7.73. The number of rotatable bonds is 10. The predicted molar refractivity (Wildman–Crippen MR) is 122 cm³/mol. The van der Waals surface area contributed by atoms with E-state index in [0.717, 1.165) is 10.0 Å². The number of hydrogen-bond acceptors (Lipinski definition) is 5. The molecule has 0 aromatic heterocycles. The van der Waals surface area contributed by atoms with Crippen LogP contribution in [-0.4, -0.2) is 25.5 Å². The molecule has 160 valence electrons. The Bertz CT molecular complexity index is 1020. The Labute approximate surface area is 190 Å². The lowest BCUT2D eigenvalue weighted by Crippen LogP contribution is -2.09. The smallest absolute Gasteiger partial charge is 0.338 e. The lowest BCUT2D eigenvalue weighted by atomic mass is 10.1. The van der Waals surface area contributed by atoms with Crippen molar-refractivity contribution in [3.8, 4) is 11.5 Å². The van der Waals surface area contributed by atoms with Crippen molar-refractivity contribution >= 4 is 27.7 Å². The minimum absolute atomic E-state index is 0.0186. The summed E-state index contributed by atoms with van der Waals surface area (Å²) < 4.78 is 17.4. The van der Waals surface area contributed by atoms with Crippen LogP contribution in [0.2, 0.25) is 0 Å². The highest BCUT2D eigenvalue weighted by Gasteiger charge is 2.13. The summed E-state index contributed by atoms with van der Waals surface area (Å²) in [6.45, 7) is 0.559. The number of hydrogen-bond donors (Lipinski definition) is 0. The zero-order valence-electron chi connectivity index (χ0n) is 17.2. The average Bonchev–Trinajstić information content (AvgIpc) is 2.81. The molecule has 5 nitrogen and oxygen atoms in total. The minimum Gasteiger partial charge on any atom is -0.493 e. The summed E-state index contributed by atoms with van der Waals surface area (Å²) in [6, 6.07) is 21.9. The monoisotopic (exact) mass is 482 g/mol. The summed E-state index contributed by atoms with van der Waals surface area (Å²) >= 11 is 3.34. The molecule has 0 amide bonds. The second kappa shape index (κ2) is 11.3. The van der Waals surface area contributed by atoms with Crippen LogP contribution in [0, 0.1) is 0 Å². The molecule has 0 bridgehead atoms. The number of carbonyl (C=O) groups excluding carboxylic acids is 2. The van der Waals surface area contributed by atoms with Crippen molar-refractivity contribution in [3.05, 3.63) is 94.0 Å². The van der Waals surface area contributed by atoms with Crippen molar-refractivity contribution in [2.24, 2.45) is 0 Å². The number of benzene rings is 3. The average molecular weight is 483 g/mol. The Morgan fingerprint density at radius 1 is 0.871 bits per heavy atom. The fraction of sp³-hybridized carbons (Fsp3) is 0.200. The molecule has 0 N–H and O–H groups in total. The largest absolute Gasteiger partial charge is 0.493 e. The molecule has 0 aliphatic heterocycles. The molecule has 0 saturated carbocycles. The maximum Gasteiger partial charge on any atom is 0.338 e. The van der Waals surface area contributed by atoms with E-state index >= 15 is 0 Å². The Balaban J connectivity index is 1.49. The van der Waals surface area contributed by atoms with Crippen molar-refractivity contribution in [1.82, 2.24) is 0 Å². The zero-order chi connectivity index (χ0) is 22.1. The van der Waals surface area contributed by atoms with Crippen LogP contribution in [0.15, 0.2) is 77.3 Å². The molecule has 31 heavy (non-hydrogen) atoms. The molecule has 0 atom stereocenters. The van der Waals surface area contributed by atoms with Crippen LogP contribution in [0.25, 0.3) is 0 Å². The number of methoxy groups -OCH3 is 1. The van der Waals surface area contributed by atoms with E-state index in [2.05, 4.69) is 15.9 Å². The Kier molecular flexibility index (Phi) is 8.24. The quantitative estimate of drug-likeness (QED) is 0.206. The fourth-order valence-corrected chi connectivity index (χ4v) is 3.17. The topological polar surface area (TPSA) is 61.8 Å². The molecule has 3 rings (SSSR count). The van der Waals surface area contributed by atoms with Gasteiger partial charge < -0.3 is 14.2 Å². The van der Waals surface area contributed by atoms with E-state index in [1.165, 1.54) is 7.11 Å². The van der Waals surface area contributed by atoms with Gasteiger partial charge in [-0.05, 0) is 42.3 Å². The van der Waals surface area contributed by atoms with E-state index in [4.69, 9.17) is 14.2 Å². The van der Waals surface area contributed by atoms with Crippen LogP contribution in [0.3, 0.4) is 0 Å². The first-order chi connectivity index (χ1) is 15.1. The number of esters is 1. The Morgan fingerprint density at radius 3 is 2.29 bits per heavy atom. The number of ketones is 1. The summed E-state index contributed by atoms with van der Waals surface area (Å²) in [7, 11) is 1.52. The maximum atomic E-state index is 12.3. The Hall–Kier alpha value is -3.12. The molecule has 3 aromatic rings. The van der Waals surface area contributed by atoms with Gasteiger partial charge in [-0.1, -0.05) is 58.4 Å². The molecular formula is C25H23BrO5. The third kappa shape index (κ3) is 6.69. The van der Waals surface area contributed by atoms with Gasteiger partial charge in [-0.3, -0.25) is 4.79 Å². The summed E-state index contributed by atoms with van der Waals surface area (Å²) in [5.74, 6) is 0.549. The normalized spacial score (nSPS) is 10.4. The van der Waals surface area contributed by atoms with Crippen LogP contribution in [0.4, 0.5) is 0 Å². The highest BCUT2D eigenvalue weighted by molar-refractivity contribution is 9.10. The summed E-state index contributed by atoms with van der Waals surface area (Å²) in [5.41, 5.74) is 2.04. The molecule has 0 aliphatic carbocycles. The van der Waals surface area contributed by atoms with Crippen LogP contribution in [-0.2, 0) is 11.3 Å². The third-order valence-electron chi connectivity index (χ3n) is 4.58. The lowest BCUT2D eigenvalue weighted by molar-refractivity contribution is 0.0493. The van der Waals surface area contributed by atoms with Crippen LogP contribution >= 0.6 is 15.9 Å². The number of halogens is 1. The molecule has 0 saturated heterocycles. The van der Waals surface area contributed by atoms with Gasteiger partial charge in [0.2, 0.25) is 0 Å². The highest BCUT2D eigenvalue weighted by Crippen LogP contribution is 2.29. The van der Waals surface area contributed by atoms with E-state index in [1.54, 1.807) is 30.3 Å². The van der Waals surface area contributed by atoms with Crippen molar-refractivity contribution in [2.45, 2.75) is 19.4 Å². The first-order valence-corrected chi connectivity index (χ1v) is 10.7. The summed E-state index contributed by atoms with van der Waals surface area (Å²) in [5, 5.41) is 0. The van der Waals surface area contributed by atoms with E-state index in [1.807, 2.05) is 42.5 Å². The molecule has 3 aromatic carbocycles. The van der Waals surface area contributed by atoms with E-state index in [-0.39, 0.29) is 12.4 Å². The molecule has 0 heterocycles. The maximum absolute atomic E-state index is 12.3. The molecule has 0 fully saturated rings. The van der Waals surface area contributed by atoms with Crippen molar-refractivity contribution in [2.75, 3.05) is 13.7 Å². The van der Waals surface area contributed by atoms with Gasteiger partial charge in [-0.2, -0.15) is 0 Å². The zero-order valence-corrected chi connectivity index (χ0v) is 18.8.